The molecule has 1 saturated heterocycles. The Morgan fingerprint density at radius 1 is 1.00 bits per heavy atom. The maximum atomic E-state index is 13.3. The summed E-state index contributed by atoms with van der Waals surface area (Å²) in [6, 6.07) is 17.8. The fraction of sp³-hybridized carbons (Fsp3) is 0.185. The van der Waals surface area contributed by atoms with Gasteiger partial charge in [-0.3, -0.25) is 24.6 Å². The standard InChI is InChI=1S/C27H24N2O7/c1-16(2)36-22-9-4-6-18(14-22)24-23(25(30)17-10-12-19(13-11-17)29(33)34)26(31)27(32)28(24)20-7-5-8-21(15-20)35-3/h4-16,24,30H,1-3H3/b25-23+. The summed E-state index contributed by atoms with van der Waals surface area (Å²) in [5.74, 6) is -1.12. The van der Waals surface area contributed by atoms with E-state index in [2.05, 4.69) is 0 Å². The van der Waals surface area contributed by atoms with E-state index in [1.807, 2.05) is 13.8 Å². The molecule has 1 heterocycles. The van der Waals surface area contributed by atoms with Crippen LogP contribution in [0, 0.1) is 10.1 Å². The van der Waals surface area contributed by atoms with Crippen molar-refractivity contribution in [2.75, 3.05) is 12.0 Å². The average molecular weight is 488 g/mol. The number of ketones is 1. The van der Waals surface area contributed by atoms with E-state index in [0.717, 1.165) is 0 Å². The molecule has 1 aliphatic rings. The van der Waals surface area contributed by atoms with E-state index in [9.17, 15) is 24.8 Å². The molecule has 9 heteroatoms. The number of hydrogen-bond donors (Lipinski definition) is 1. The molecule has 0 spiro atoms. The van der Waals surface area contributed by atoms with Crippen molar-refractivity contribution in [3.8, 4) is 11.5 Å². The molecule has 0 bridgehead atoms. The molecule has 0 saturated carbocycles. The van der Waals surface area contributed by atoms with Gasteiger partial charge in [0, 0.05) is 29.4 Å². The fourth-order valence-electron chi connectivity index (χ4n) is 4.10. The first-order valence-electron chi connectivity index (χ1n) is 11.2. The van der Waals surface area contributed by atoms with Gasteiger partial charge in [-0.2, -0.15) is 0 Å². The summed E-state index contributed by atoms with van der Waals surface area (Å²) in [5.41, 5.74) is 0.804. The van der Waals surface area contributed by atoms with Gasteiger partial charge >= 0.3 is 0 Å². The fourth-order valence-corrected chi connectivity index (χ4v) is 4.10. The Morgan fingerprint density at radius 3 is 2.31 bits per heavy atom. The Balaban J connectivity index is 1.92. The van der Waals surface area contributed by atoms with Gasteiger partial charge in [-0.15, -0.1) is 0 Å². The molecule has 1 unspecified atom stereocenters. The van der Waals surface area contributed by atoms with E-state index in [0.29, 0.717) is 22.7 Å². The number of carbonyl (C=O) groups excluding carboxylic acids is 2. The number of nitrogens with zero attached hydrogens (tertiary/aromatic N) is 2. The highest BCUT2D eigenvalue weighted by Crippen LogP contribution is 2.43. The van der Waals surface area contributed by atoms with Crippen LogP contribution in [0.1, 0.15) is 31.0 Å². The van der Waals surface area contributed by atoms with E-state index in [4.69, 9.17) is 9.47 Å². The molecule has 0 radical (unpaired) electrons. The molecule has 3 aromatic rings. The SMILES string of the molecule is COc1cccc(N2C(=O)C(=O)/C(=C(/O)c3ccc([N+](=O)[O-])cc3)C2c2cccc(OC(C)C)c2)c1. The van der Waals surface area contributed by atoms with Crippen LogP contribution in [0.15, 0.2) is 78.4 Å². The molecule has 1 atom stereocenters. The second kappa shape index (κ2) is 9.91. The summed E-state index contributed by atoms with van der Waals surface area (Å²) in [4.78, 5) is 38.4. The van der Waals surface area contributed by atoms with Crippen LogP contribution in [-0.4, -0.2) is 34.9 Å². The first-order valence-corrected chi connectivity index (χ1v) is 11.2. The Kier molecular flexibility index (Phi) is 6.73. The monoisotopic (exact) mass is 488 g/mol. The molecule has 1 fully saturated rings. The highest BCUT2D eigenvalue weighted by Gasteiger charge is 2.47. The van der Waals surface area contributed by atoms with Crippen LogP contribution < -0.4 is 14.4 Å². The summed E-state index contributed by atoms with van der Waals surface area (Å²) in [5, 5.41) is 22.2. The lowest BCUT2D eigenvalue weighted by Crippen LogP contribution is -2.29. The van der Waals surface area contributed by atoms with Gasteiger partial charge < -0.3 is 14.6 Å². The predicted octanol–water partition coefficient (Wildman–Crippen LogP) is 5.02. The number of carbonyl (C=O) groups is 2. The van der Waals surface area contributed by atoms with Gasteiger partial charge in [0.05, 0.1) is 29.8 Å². The van der Waals surface area contributed by atoms with Gasteiger partial charge in [-0.05, 0) is 55.8 Å². The lowest BCUT2D eigenvalue weighted by molar-refractivity contribution is -0.384. The first-order chi connectivity index (χ1) is 17.2. The summed E-state index contributed by atoms with van der Waals surface area (Å²) in [6.07, 6.45) is -0.106. The van der Waals surface area contributed by atoms with Crippen LogP contribution >= 0.6 is 0 Å². The molecular weight excluding hydrogens is 464 g/mol. The van der Waals surface area contributed by atoms with Gasteiger partial charge in [0.1, 0.15) is 17.3 Å². The van der Waals surface area contributed by atoms with E-state index in [1.165, 1.54) is 36.3 Å². The van der Waals surface area contributed by atoms with Crippen LogP contribution in [0.2, 0.25) is 0 Å². The zero-order valence-electron chi connectivity index (χ0n) is 19.9. The Bertz CT molecular complexity index is 1360. The number of aliphatic hydroxyl groups excluding tert-OH is 1. The second-order valence-electron chi connectivity index (χ2n) is 8.41. The zero-order chi connectivity index (χ0) is 26.0. The highest BCUT2D eigenvalue weighted by atomic mass is 16.6. The number of aliphatic hydroxyl groups is 1. The number of methoxy groups -OCH3 is 1. The average Bonchev–Trinajstić information content (AvgIpc) is 3.13. The lowest BCUT2D eigenvalue weighted by atomic mass is 9.95. The van der Waals surface area contributed by atoms with Crippen molar-refractivity contribution in [2.45, 2.75) is 26.0 Å². The molecule has 0 aromatic heterocycles. The van der Waals surface area contributed by atoms with Gasteiger partial charge in [0.2, 0.25) is 0 Å². The number of nitro benzene ring substituents is 1. The molecule has 3 aromatic carbocycles. The number of nitro groups is 1. The number of Topliss-reactive ketones (excluding diaryl/α,β-unsaturated/α-hetero) is 1. The smallest absolute Gasteiger partial charge is 0.300 e. The van der Waals surface area contributed by atoms with Gasteiger partial charge in [-0.1, -0.05) is 18.2 Å². The van der Waals surface area contributed by atoms with Gasteiger partial charge in [0.25, 0.3) is 17.4 Å². The second-order valence-corrected chi connectivity index (χ2v) is 8.41. The van der Waals surface area contributed by atoms with Crippen molar-refractivity contribution in [1.82, 2.24) is 0 Å². The topological polar surface area (TPSA) is 119 Å². The van der Waals surface area contributed by atoms with E-state index in [-0.39, 0.29) is 22.9 Å². The Morgan fingerprint density at radius 2 is 1.67 bits per heavy atom. The number of benzene rings is 3. The number of non-ortho nitro benzene ring substituents is 1. The van der Waals surface area contributed by atoms with Crippen molar-refractivity contribution in [3.05, 3.63) is 99.6 Å². The molecule has 4 rings (SSSR count). The molecule has 0 aliphatic carbocycles. The van der Waals surface area contributed by atoms with Crippen LogP contribution in [0.25, 0.3) is 5.76 Å². The summed E-state index contributed by atoms with van der Waals surface area (Å²) in [6.45, 7) is 3.76. The highest BCUT2D eigenvalue weighted by molar-refractivity contribution is 6.51. The molecule has 9 nitrogen and oxygen atoms in total. The van der Waals surface area contributed by atoms with Crippen molar-refractivity contribution in [3.63, 3.8) is 0 Å². The van der Waals surface area contributed by atoms with Gasteiger partial charge in [-0.25, -0.2) is 0 Å². The Labute approximate surface area is 207 Å². The van der Waals surface area contributed by atoms with Crippen LogP contribution in [0.4, 0.5) is 11.4 Å². The van der Waals surface area contributed by atoms with E-state index < -0.39 is 28.4 Å². The normalized spacial score (nSPS) is 16.9. The van der Waals surface area contributed by atoms with Gasteiger partial charge in [0.15, 0.2) is 0 Å². The molecule has 184 valence electrons. The molecular formula is C27H24N2O7. The molecule has 1 aliphatic heterocycles. The summed E-state index contributed by atoms with van der Waals surface area (Å²) in [7, 11) is 1.49. The third kappa shape index (κ3) is 4.63. The first kappa shape index (κ1) is 24.5. The maximum absolute atomic E-state index is 13.3. The zero-order valence-corrected chi connectivity index (χ0v) is 19.9. The van der Waals surface area contributed by atoms with Crippen LogP contribution in [-0.2, 0) is 9.59 Å². The number of hydrogen-bond acceptors (Lipinski definition) is 7. The number of rotatable bonds is 7. The third-order valence-corrected chi connectivity index (χ3v) is 5.67. The van der Waals surface area contributed by atoms with Crippen LogP contribution in [0.5, 0.6) is 11.5 Å². The number of anilines is 1. The van der Waals surface area contributed by atoms with Crippen molar-refractivity contribution in [1.29, 1.82) is 0 Å². The lowest BCUT2D eigenvalue weighted by Gasteiger charge is -2.26. The third-order valence-electron chi connectivity index (χ3n) is 5.67. The van der Waals surface area contributed by atoms with Crippen LogP contribution in [0.3, 0.4) is 0 Å². The maximum Gasteiger partial charge on any atom is 0.300 e. The largest absolute Gasteiger partial charge is 0.507 e. The Hall–Kier alpha value is -4.66. The quantitative estimate of drug-likeness (QED) is 0.163. The molecule has 1 N–H and O–H groups in total. The number of ether oxygens (including phenoxy) is 2. The predicted molar refractivity (Wildman–Crippen MR) is 133 cm³/mol. The number of amides is 1. The van der Waals surface area contributed by atoms with E-state index >= 15 is 0 Å². The van der Waals surface area contributed by atoms with E-state index in [1.54, 1.807) is 48.5 Å². The minimum Gasteiger partial charge on any atom is -0.507 e. The van der Waals surface area contributed by atoms with Crippen molar-refractivity contribution >= 4 is 28.8 Å². The minimum atomic E-state index is -0.983. The van der Waals surface area contributed by atoms with Crippen molar-refractivity contribution in [2.24, 2.45) is 0 Å². The molecule has 1 amide bonds. The van der Waals surface area contributed by atoms with Crippen molar-refractivity contribution < 1.29 is 29.1 Å². The minimum absolute atomic E-state index is 0.106. The summed E-state index contributed by atoms with van der Waals surface area (Å²) >= 11 is 0. The molecule has 36 heavy (non-hydrogen) atoms. The summed E-state index contributed by atoms with van der Waals surface area (Å²) < 4.78 is 11.1.